The Hall–Kier alpha value is -0.570. The SMILES string of the molecule is CC(C)CCCC(C)NC(=O)C1CCC2CCCCC2N1. The maximum Gasteiger partial charge on any atom is 0.237 e. The summed E-state index contributed by atoms with van der Waals surface area (Å²) in [6.07, 6.45) is 11.1. The van der Waals surface area contributed by atoms with Gasteiger partial charge in [0.1, 0.15) is 0 Å². The van der Waals surface area contributed by atoms with E-state index in [1.165, 1.54) is 44.9 Å². The van der Waals surface area contributed by atoms with E-state index in [0.29, 0.717) is 12.1 Å². The molecule has 0 aromatic rings. The van der Waals surface area contributed by atoms with Crippen molar-refractivity contribution in [3.63, 3.8) is 0 Å². The number of nitrogens with one attached hydrogen (secondary N) is 2. The quantitative estimate of drug-likeness (QED) is 0.785. The van der Waals surface area contributed by atoms with Crippen LogP contribution in [0.15, 0.2) is 0 Å². The summed E-state index contributed by atoms with van der Waals surface area (Å²) in [5.41, 5.74) is 0. The highest BCUT2D eigenvalue weighted by Gasteiger charge is 2.34. The lowest BCUT2D eigenvalue weighted by molar-refractivity contribution is -0.125. The molecule has 1 saturated carbocycles. The van der Waals surface area contributed by atoms with Gasteiger partial charge in [-0.05, 0) is 50.9 Å². The fourth-order valence-electron chi connectivity index (χ4n) is 3.95. The first-order chi connectivity index (χ1) is 10.1. The molecule has 1 aliphatic carbocycles. The normalized spacial score (nSPS) is 30.8. The van der Waals surface area contributed by atoms with Crippen LogP contribution in [0.1, 0.15) is 78.6 Å². The van der Waals surface area contributed by atoms with Gasteiger partial charge in [0.25, 0.3) is 0 Å². The molecule has 0 aromatic heterocycles. The molecule has 21 heavy (non-hydrogen) atoms. The Bertz CT molecular complexity index is 329. The zero-order valence-corrected chi connectivity index (χ0v) is 14.2. The Balaban J connectivity index is 1.70. The summed E-state index contributed by atoms with van der Waals surface area (Å²) in [6, 6.07) is 0.957. The van der Waals surface area contributed by atoms with Crippen molar-refractivity contribution in [2.45, 2.75) is 96.7 Å². The lowest BCUT2D eigenvalue weighted by atomic mass is 9.77. The summed E-state index contributed by atoms with van der Waals surface area (Å²) < 4.78 is 0. The molecule has 2 fully saturated rings. The summed E-state index contributed by atoms with van der Waals surface area (Å²) in [6.45, 7) is 6.66. The minimum absolute atomic E-state index is 0.0527. The first-order valence-corrected chi connectivity index (χ1v) is 9.12. The second kappa shape index (κ2) is 8.17. The average molecular weight is 294 g/mol. The largest absolute Gasteiger partial charge is 0.352 e. The van der Waals surface area contributed by atoms with Crippen LogP contribution in [0.3, 0.4) is 0 Å². The van der Waals surface area contributed by atoms with Crippen LogP contribution >= 0.6 is 0 Å². The fourth-order valence-corrected chi connectivity index (χ4v) is 3.95. The molecule has 1 amide bonds. The average Bonchev–Trinajstić information content (AvgIpc) is 2.46. The number of hydrogen-bond acceptors (Lipinski definition) is 2. The van der Waals surface area contributed by atoms with Gasteiger partial charge in [-0.3, -0.25) is 4.79 Å². The van der Waals surface area contributed by atoms with Gasteiger partial charge in [-0.2, -0.15) is 0 Å². The summed E-state index contributed by atoms with van der Waals surface area (Å²) in [4.78, 5) is 12.4. The fraction of sp³-hybridized carbons (Fsp3) is 0.944. The van der Waals surface area contributed by atoms with E-state index in [1.54, 1.807) is 0 Å². The highest BCUT2D eigenvalue weighted by atomic mass is 16.2. The first kappa shape index (κ1) is 16.8. The van der Waals surface area contributed by atoms with Gasteiger partial charge in [0.2, 0.25) is 5.91 Å². The van der Waals surface area contributed by atoms with Crippen LogP contribution in [0.2, 0.25) is 0 Å². The summed E-state index contributed by atoms with van der Waals surface area (Å²) >= 11 is 0. The molecule has 2 rings (SSSR count). The second-order valence-corrected chi connectivity index (χ2v) is 7.68. The van der Waals surface area contributed by atoms with Crippen molar-refractivity contribution in [3.8, 4) is 0 Å². The molecular weight excluding hydrogens is 260 g/mol. The number of carbonyl (C=O) groups excluding carboxylic acids is 1. The molecule has 0 bridgehead atoms. The predicted molar refractivity (Wildman–Crippen MR) is 88.2 cm³/mol. The summed E-state index contributed by atoms with van der Waals surface area (Å²) in [5.74, 6) is 1.82. The number of fused-ring (bicyclic) bond motifs is 1. The van der Waals surface area contributed by atoms with Crippen molar-refractivity contribution < 1.29 is 4.79 Å². The van der Waals surface area contributed by atoms with Crippen molar-refractivity contribution in [2.75, 3.05) is 0 Å². The molecular formula is C18H34N2O. The number of carbonyl (C=O) groups is 1. The smallest absolute Gasteiger partial charge is 0.237 e. The number of hydrogen-bond donors (Lipinski definition) is 2. The van der Waals surface area contributed by atoms with Crippen LogP contribution < -0.4 is 10.6 Å². The topological polar surface area (TPSA) is 41.1 Å². The standard InChI is InChI=1S/C18H34N2O/c1-13(2)7-6-8-14(3)19-18(21)17-12-11-15-9-4-5-10-16(15)20-17/h13-17,20H,4-12H2,1-3H3,(H,19,21). The molecule has 1 saturated heterocycles. The minimum atomic E-state index is 0.0527. The van der Waals surface area contributed by atoms with E-state index in [-0.39, 0.29) is 11.9 Å². The molecule has 1 heterocycles. The van der Waals surface area contributed by atoms with Crippen LogP contribution in [-0.4, -0.2) is 24.0 Å². The molecule has 4 unspecified atom stereocenters. The van der Waals surface area contributed by atoms with Crippen LogP contribution in [0.4, 0.5) is 0 Å². The molecule has 3 nitrogen and oxygen atoms in total. The molecule has 2 N–H and O–H groups in total. The van der Waals surface area contributed by atoms with Gasteiger partial charge in [0.05, 0.1) is 6.04 Å². The van der Waals surface area contributed by atoms with Gasteiger partial charge in [0, 0.05) is 12.1 Å². The Morgan fingerprint density at radius 1 is 1.10 bits per heavy atom. The van der Waals surface area contributed by atoms with E-state index in [4.69, 9.17) is 0 Å². The molecule has 0 radical (unpaired) electrons. The predicted octanol–water partition coefficient (Wildman–Crippen LogP) is 3.63. The lowest BCUT2D eigenvalue weighted by Gasteiger charge is -2.40. The molecule has 1 aliphatic heterocycles. The summed E-state index contributed by atoms with van der Waals surface area (Å²) in [7, 11) is 0. The zero-order chi connectivity index (χ0) is 15.2. The van der Waals surface area contributed by atoms with Crippen molar-refractivity contribution in [2.24, 2.45) is 11.8 Å². The third-order valence-electron chi connectivity index (χ3n) is 5.27. The van der Waals surface area contributed by atoms with Gasteiger partial charge < -0.3 is 10.6 Å². The van der Waals surface area contributed by atoms with Crippen molar-refractivity contribution in [1.82, 2.24) is 10.6 Å². The maximum atomic E-state index is 12.4. The van der Waals surface area contributed by atoms with E-state index in [2.05, 4.69) is 31.4 Å². The van der Waals surface area contributed by atoms with E-state index in [1.807, 2.05) is 0 Å². The van der Waals surface area contributed by atoms with Gasteiger partial charge in [-0.25, -0.2) is 0 Å². The highest BCUT2D eigenvalue weighted by molar-refractivity contribution is 5.82. The monoisotopic (exact) mass is 294 g/mol. The Kier molecular flexibility index (Phi) is 6.53. The Labute approximate surface area is 130 Å². The zero-order valence-electron chi connectivity index (χ0n) is 14.2. The van der Waals surface area contributed by atoms with Crippen molar-refractivity contribution >= 4 is 5.91 Å². The van der Waals surface area contributed by atoms with E-state index >= 15 is 0 Å². The van der Waals surface area contributed by atoms with Gasteiger partial charge in [-0.15, -0.1) is 0 Å². The number of piperidine rings is 1. The van der Waals surface area contributed by atoms with Crippen LogP contribution in [0.5, 0.6) is 0 Å². The molecule has 122 valence electrons. The highest BCUT2D eigenvalue weighted by Crippen LogP contribution is 2.32. The number of amides is 1. The molecule has 2 aliphatic rings. The van der Waals surface area contributed by atoms with Crippen molar-refractivity contribution in [3.05, 3.63) is 0 Å². The van der Waals surface area contributed by atoms with Crippen LogP contribution in [0, 0.1) is 11.8 Å². The third-order valence-corrected chi connectivity index (χ3v) is 5.27. The van der Waals surface area contributed by atoms with Crippen molar-refractivity contribution in [1.29, 1.82) is 0 Å². The molecule has 0 aromatic carbocycles. The minimum Gasteiger partial charge on any atom is -0.352 e. The molecule has 4 atom stereocenters. The van der Waals surface area contributed by atoms with Gasteiger partial charge in [0.15, 0.2) is 0 Å². The van der Waals surface area contributed by atoms with Gasteiger partial charge in [-0.1, -0.05) is 39.5 Å². The molecule has 0 spiro atoms. The lowest BCUT2D eigenvalue weighted by Crippen LogP contribution is -2.55. The summed E-state index contributed by atoms with van der Waals surface area (Å²) in [5, 5.41) is 6.84. The van der Waals surface area contributed by atoms with E-state index in [0.717, 1.165) is 24.7 Å². The maximum absolute atomic E-state index is 12.4. The molecule has 3 heteroatoms. The van der Waals surface area contributed by atoms with Crippen LogP contribution in [0.25, 0.3) is 0 Å². The van der Waals surface area contributed by atoms with E-state index < -0.39 is 0 Å². The van der Waals surface area contributed by atoms with E-state index in [9.17, 15) is 4.79 Å². The van der Waals surface area contributed by atoms with Crippen LogP contribution in [-0.2, 0) is 4.79 Å². The number of rotatable bonds is 6. The Morgan fingerprint density at radius 3 is 2.62 bits per heavy atom. The second-order valence-electron chi connectivity index (χ2n) is 7.68. The Morgan fingerprint density at radius 2 is 1.86 bits per heavy atom. The first-order valence-electron chi connectivity index (χ1n) is 9.12. The third kappa shape index (κ3) is 5.28. The van der Waals surface area contributed by atoms with Gasteiger partial charge >= 0.3 is 0 Å².